The van der Waals surface area contributed by atoms with Crippen LogP contribution >= 0.6 is 23.2 Å². The number of fused-ring (bicyclic) bond motifs is 1. The first-order valence-corrected chi connectivity index (χ1v) is 7.65. The van der Waals surface area contributed by atoms with Crippen molar-refractivity contribution in [3.05, 3.63) is 57.0 Å². The Kier molecular flexibility index (Phi) is 3.87. The number of pyridine rings is 2. The van der Waals surface area contributed by atoms with E-state index in [1.807, 2.05) is 12.1 Å². The topological polar surface area (TPSA) is 51.8 Å². The summed E-state index contributed by atoms with van der Waals surface area (Å²) in [5.41, 5.74) is 10.7. The average molecular weight is 320 g/mol. The van der Waals surface area contributed by atoms with Crippen LogP contribution in [-0.4, -0.2) is 9.97 Å². The third-order valence-corrected chi connectivity index (χ3v) is 4.24. The fourth-order valence-electron chi connectivity index (χ4n) is 2.68. The van der Waals surface area contributed by atoms with Crippen LogP contribution in [0, 0.1) is 0 Å². The maximum atomic E-state index is 6.50. The molecule has 1 aliphatic carbocycles. The van der Waals surface area contributed by atoms with E-state index < -0.39 is 0 Å². The van der Waals surface area contributed by atoms with Gasteiger partial charge in [-0.1, -0.05) is 30.1 Å². The van der Waals surface area contributed by atoms with Crippen molar-refractivity contribution >= 4 is 34.6 Å². The van der Waals surface area contributed by atoms with Gasteiger partial charge >= 0.3 is 0 Å². The third-order valence-electron chi connectivity index (χ3n) is 3.66. The van der Waals surface area contributed by atoms with Gasteiger partial charge in [-0.3, -0.25) is 4.98 Å². The molecular formula is C16H15Cl2N3. The summed E-state index contributed by atoms with van der Waals surface area (Å²) in [6.07, 6.45) is 4.09. The summed E-state index contributed by atoms with van der Waals surface area (Å²) >= 11 is 12.5. The molecule has 2 aromatic rings. The Morgan fingerprint density at radius 1 is 1.24 bits per heavy atom. The van der Waals surface area contributed by atoms with Crippen molar-refractivity contribution in [3.63, 3.8) is 0 Å². The first-order chi connectivity index (χ1) is 10.1. The number of nitrogen functional groups attached to an aromatic ring is 1. The van der Waals surface area contributed by atoms with E-state index in [1.54, 1.807) is 12.3 Å². The van der Waals surface area contributed by atoms with Crippen molar-refractivity contribution in [2.75, 3.05) is 5.73 Å². The third kappa shape index (κ3) is 2.63. The van der Waals surface area contributed by atoms with Crippen molar-refractivity contribution in [2.45, 2.75) is 26.2 Å². The summed E-state index contributed by atoms with van der Waals surface area (Å²) < 4.78 is 0. The molecule has 108 valence electrons. The van der Waals surface area contributed by atoms with Crippen LogP contribution in [0.25, 0.3) is 5.57 Å². The van der Waals surface area contributed by atoms with Gasteiger partial charge in [0.15, 0.2) is 0 Å². The first-order valence-electron chi connectivity index (χ1n) is 6.89. The zero-order valence-electron chi connectivity index (χ0n) is 11.7. The lowest BCUT2D eigenvalue weighted by molar-refractivity contribution is 0.935. The molecule has 0 spiro atoms. The largest absolute Gasteiger partial charge is 0.384 e. The van der Waals surface area contributed by atoms with Crippen LogP contribution in [0.4, 0.5) is 5.82 Å². The average Bonchev–Trinajstić information content (AvgIpc) is 2.48. The lowest BCUT2D eigenvalue weighted by Crippen LogP contribution is -2.09. The van der Waals surface area contributed by atoms with Gasteiger partial charge in [0.05, 0.1) is 16.4 Å². The number of halogens is 2. The second kappa shape index (κ2) is 5.66. The van der Waals surface area contributed by atoms with Crippen LogP contribution < -0.4 is 5.73 Å². The summed E-state index contributed by atoms with van der Waals surface area (Å²) in [7, 11) is 0. The van der Waals surface area contributed by atoms with Crippen LogP contribution in [0.1, 0.15) is 35.9 Å². The molecule has 21 heavy (non-hydrogen) atoms. The SMILES string of the molecule is CCc1nc(N)ccc1C1=C(Cl)CCc2cc(Cl)cnc21. The van der Waals surface area contributed by atoms with E-state index >= 15 is 0 Å². The van der Waals surface area contributed by atoms with E-state index in [9.17, 15) is 0 Å². The number of allylic oxidation sites excluding steroid dienone is 1. The second-order valence-electron chi connectivity index (χ2n) is 5.03. The molecule has 2 N–H and O–H groups in total. The van der Waals surface area contributed by atoms with Crippen LogP contribution in [0.15, 0.2) is 29.4 Å². The molecule has 0 amide bonds. The number of aromatic nitrogens is 2. The minimum atomic E-state index is 0.521. The minimum absolute atomic E-state index is 0.521. The fraction of sp³-hybridized carbons (Fsp3) is 0.250. The molecule has 0 fully saturated rings. The monoisotopic (exact) mass is 319 g/mol. The maximum Gasteiger partial charge on any atom is 0.123 e. The van der Waals surface area contributed by atoms with Gasteiger partial charge in [-0.15, -0.1) is 0 Å². The highest BCUT2D eigenvalue weighted by Gasteiger charge is 2.23. The van der Waals surface area contributed by atoms with Crippen molar-refractivity contribution in [1.82, 2.24) is 9.97 Å². The molecule has 0 aromatic carbocycles. The van der Waals surface area contributed by atoms with E-state index in [-0.39, 0.29) is 0 Å². The van der Waals surface area contributed by atoms with Gasteiger partial charge in [-0.05, 0) is 43.0 Å². The minimum Gasteiger partial charge on any atom is -0.384 e. The van der Waals surface area contributed by atoms with E-state index in [0.29, 0.717) is 10.8 Å². The Balaban J connectivity index is 2.22. The molecule has 0 aliphatic heterocycles. The van der Waals surface area contributed by atoms with Gasteiger partial charge in [-0.25, -0.2) is 4.98 Å². The Labute approximate surface area is 133 Å². The molecule has 5 heteroatoms. The zero-order valence-corrected chi connectivity index (χ0v) is 13.2. The van der Waals surface area contributed by atoms with Crippen molar-refractivity contribution in [3.8, 4) is 0 Å². The number of nitrogens with zero attached hydrogens (tertiary/aromatic N) is 2. The fourth-order valence-corrected chi connectivity index (χ4v) is 3.15. The summed E-state index contributed by atoms with van der Waals surface area (Å²) in [4.78, 5) is 8.91. The summed E-state index contributed by atoms with van der Waals surface area (Å²) in [6, 6.07) is 5.74. The molecule has 3 nitrogen and oxygen atoms in total. The number of hydrogen-bond acceptors (Lipinski definition) is 3. The van der Waals surface area contributed by atoms with Gasteiger partial charge < -0.3 is 5.73 Å². The van der Waals surface area contributed by atoms with E-state index in [1.165, 1.54) is 0 Å². The Bertz CT molecular complexity index is 738. The van der Waals surface area contributed by atoms with Gasteiger partial charge in [-0.2, -0.15) is 0 Å². The molecule has 0 saturated carbocycles. The molecular weight excluding hydrogens is 305 g/mol. The maximum absolute atomic E-state index is 6.50. The van der Waals surface area contributed by atoms with Gasteiger partial charge in [0, 0.05) is 22.4 Å². The normalized spacial score (nSPS) is 14.2. The highest BCUT2D eigenvalue weighted by atomic mass is 35.5. The number of aryl methyl sites for hydroxylation is 2. The molecule has 2 heterocycles. The van der Waals surface area contributed by atoms with Crippen LogP contribution in [-0.2, 0) is 12.8 Å². The molecule has 1 aliphatic rings. The Morgan fingerprint density at radius 3 is 2.81 bits per heavy atom. The van der Waals surface area contributed by atoms with Crippen molar-refractivity contribution in [1.29, 1.82) is 0 Å². The van der Waals surface area contributed by atoms with Crippen LogP contribution in [0.3, 0.4) is 0 Å². The summed E-state index contributed by atoms with van der Waals surface area (Å²) in [6.45, 7) is 2.05. The van der Waals surface area contributed by atoms with Crippen LogP contribution in [0.5, 0.6) is 0 Å². The standard InChI is InChI=1S/C16H15Cl2N3/c1-2-13-11(4-6-14(19)21-13)15-12(18)5-3-9-7-10(17)8-20-16(9)15/h4,6-8H,2-3,5H2,1H3,(H2,19,21). The van der Waals surface area contributed by atoms with Crippen LogP contribution in [0.2, 0.25) is 5.02 Å². The zero-order chi connectivity index (χ0) is 15.0. The second-order valence-corrected chi connectivity index (χ2v) is 5.92. The van der Waals surface area contributed by atoms with Crippen molar-refractivity contribution in [2.24, 2.45) is 0 Å². The van der Waals surface area contributed by atoms with Gasteiger partial charge in [0.1, 0.15) is 5.82 Å². The number of anilines is 1. The quantitative estimate of drug-likeness (QED) is 0.901. The van der Waals surface area contributed by atoms with E-state index in [4.69, 9.17) is 28.9 Å². The Morgan fingerprint density at radius 2 is 2.05 bits per heavy atom. The molecule has 0 atom stereocenters. The predicted molar refractivity (Wildman–Crippen MR) is 87.5 cm³/mol. The molecule has 3 rings (SSSR count). The molecule has 0 unspecified atom stereocenters. The highest BCUT2D eigenvalue weighted by Crippen LogP contribution is 2.38. The summed E-state index contributed by atoms with van der Waals surface area (Å²) in [5.74, 6) is 0.521. The smallest absolute Gasteiger partial charge is 0.123 e. The highest BCUT2D eigenvalue weighted by molar-refractivity contribution is 6.34. The van der Waals surface area contributed by atoms with Gasteiger partial charge in [0.2, 0.25) is 0 Å². The lowest BCUT2D eigenvalue weighted by Gasteiger charge is -2.21. The molecule has 0 saturated heterocycles. The molecule has 2 aromatic heterocycles. The molecule has 0 bridgehead atoms. The van der Waals surface area contributed by atoms with E-state index in [2.05, 4.69) is 16.9 Å². The van der Waals surface area contributed by atoms with Crippen molar-refractivity contribution < 1.29 is 0 Å². The number of hydrogen-bond donors (Lipinski definition) is 1. The van der Waals surface area contributed by atoms with Gasteiger partial charge in [0.25, 0.3) is 0 Å². The predicted octanol–water partition coefficient (Wildman–Crippen LogP) is 4.22. The summed E-state index contributed by atoms with van der Waals surface area (Å²) in [5, 5.41) is 1.47. The molecule has 0 radical (unpaired) electrons. The first kappa shape index (κ1) is 14.4. The number of rotatable bonds is 2. The number of nitrogens with two attached hydrogens (primary N) is 1. The van der Waals surface area contributed by atoms with E-state index in [0.717, 1.165) is 52.4 Å². The Hall–Kier alpha value is -1.58. The lowest BCUT2D eigenvalue weighted by atomic mass is 9.89.